The van der Waals surface area contributed by atoms with E-state index in [-0.39, 0.29) is 18.0 Å². The zero-order valence-corrected chi connectivity index (χ0v) is 20.6. The molecule has 0 unspecified atom stereocenters. The number of rotatable bonds is 3. The van der Waals surface area contributed by atoms with Gasteiger partial charge in [-0.3, -0.25) is 9.59 Å². The van der Waals surface area contributed by atoms with Gasteiger partial charge in [0.15, 0.2) is 5.78 Å². The van der Waals surface area contributed by atoms with Crippen LogP contribution in [0.5, 0.6) is 0 Å². The molecule has 1 aromatic carbocycles. The maximum Gasteiger partial charge on any atom is 0.331 e. The predicted octanol–water partition coefficient (Wildman–Crippen LogP) is 2.85. The molecule has 7 rings (SSSR count). The topological polar surface area (TPSA) is 110 Å². The molecule has 36 heavy (non-hydrogen) atoms. The number of benzene rings is 1. The molecule has 2 N–H and O–H groups in total. The van der Waals surface area contributed by atoms with Crippen molar-refractivity contribution in [1.29, 1.82) is 0 Å². The van der Waals surface area contributed by atoms with E-state index in [2.05, 4.69) is 6.58 Å². The third kappa shape index (κ3) is 2.61. The molecule has 6 aliphatic rings. The summed E-state index contributed by atoms with van der Waals surface area (Å²) in [4.78, 5) is 40.8. The first-order chi connectivity index (χ1) is 17.0. The predicted molar refractivity (Wildman–Crippen MR) is 129 cm³/mol. The van der Waals surface area contributed by atoms with E-state index in [0.717, 1.165) is 5.56 Å². The molecule has 6 fully saturated rings. The van der Waals surface area contributed by atoms with Gasteiger partial charge in [0.2, 0.25) is 5.79 Å². The van der Waals surface area contributed by atoms with Gasteiger partial charge in [-0.15, -0.1) is 0 Å². The standard InChI is InChI=1S/C29H32O7/c1-16-18-10-11-19-27-15-35-29(34,24(33)22(27)26(2,3)14-13-20(27)30)28(19,23(16)32)25(18)36-21(31)12-9-17-7-5-4-6-8-17/h4-9,12,18-19,22,24-25,33-34H,1,10-11,13-15H2,2-3H3/t18-,19-,22+,24-,25+,27+,28-,29-/m0/s1. The van der Waals surface area contributed by atoms with E-state index in [1.165, 1.54) is 6.08 Å². The summed E-state index contributed by atoms with van der Waals surface area (Å²) < 4.78 is 11.9. The molecule has 4 aliphatic carbocycles. The summed E-state index contributed by atoms with van der Waals surface area (Å²) in [6.07, 6.45) is 2.22. The van der Waals surface area contributed by atoms with Crippen LogP contribution >= 0.6 is 0 Å². The number of carbonyl (C=O) groups excluding carboxylic acids is 3. The molecule has 190 valence electrons. The van der Waals surface area contributed by atoms with Gasteiger partial charge in [-0.1, -0.05) is 50.8 Å². The van der Waals surface area contributed by atoms with E-state index in [1.807, 2.05) is 44.2 Å². The Hall–Kier alpha value is -2.61. The van der Waals surface area contributed by atoms with Gasteiger partial charge in [0.05, 0.1) is 12.0 Å². The summed E-state index contributed by atoms with van der Waals surface area (Å²) in [5, 5.41) is 23.8. The average molecular weight is 493 g/mol. The number of hydrogen-bond donors (Lipinski definition) is 2. The minimum absolute atomic E-state index is 0.0465. The van der Waals surface area contributed by atoms with Crippen LogP contribution in [0.1, 0.15) is 45.1 Å². The normalized spacial score (nSPS) is 44.4. The largest absolute Gasteiger partial charge is 0.457 e. The van der Waals surface area contributed by atoms with Gasteiger partial charge in [-0.05, 0) is 47.8 Å². The molecular formula is C29H32O7. The van der Waals surface area contributed by atoms with Gasteiger partial charge < -0.3 is 19.7 Å². The summed E-state index contributed by atoms with van der Waals surface area (Å²) in [6, 6.07) is 9.26. The highest BCUT2D eigenvalue weighted by Gasteiger charge is 2.88. The van der Waals surface area contributed by atoms with Crippen LogP contribution in [0.15, 0.2) is 48.6 Å². The van der Waals surface area contributed by atoms with Crippen molar-refractivity contribution in [2.24, 2.45) is 34.0 Å². The molecule has 0 amide bonds. The fourth-order valence-electron chi connectivity index (χ4n) is 8.66. The van der Waals surface area contributed by atoms with Crippen molar-refractivity contribution in [3.05, 3.63) is 54.1 Å². The van der Waals surface area contributed by atoms with Crippen LogP contribution in [0, 0.1) is 34.0 Å². The molecule has 8 atom stereocenters. The van der Waals surface area contributed by atoms with Crippen molar-refractivity contribution in [1.82, 2.24) is 0 Å². The summed E-state index contributed by atoms with van der Waals surface area (Å²) in [6.45, 7) is 7.95. The number of Topliss-reactive ketones (excluding diaryl/α,β-unsaturated/α-hetero) is 2. The Morgan fingerprint density at radius 3 is 2.64 bits per heavy atom. The van der Waals surface area contributed by atoms with E-state index < -0.39 is 63.7 Å². The number of ether oxygens (including phenoxy) is 2. The number of carbonyl (C=O) groups is 3. The van der Waals surface area contributed by atoms with Gasteiger partial charge >= 0.3 is 5.97 Å². The number of fused-ring (bicyclic) bond motifs is 2. The van der Waals surface area contributed by atoms with Gasteiger partial charge in [0.1, 0.15) is 23.4 Å². The van der Waals surface area contributed by atoms with E-state index in [9.17, 15) is 24.6 Å². The number of aliphatic hydroxyl groups excluding tert-OH is 1. The minimum Gasteiger partial charge on any atom is -0.457 e. The van der Waals surface area contributed by atoms with Crippen LogP contribution in [0.2, 0.25) is 0 Å². The van der Waals surface area contributed by atoms with Crippen molar-refractivity contribution >= 4 is 23.6 Å². The minimum atomic E-state index is -2.29. The molecule has 4 bridgehead atoms. The first-order valence-electron chi connectivity index (χ1n) is 12.8. The zero-order valence-electron chi connectivity index (χ0n) is 20.6. The van der Waals surface area contributed by atoms with Crippen LogP contribution in [-0.2, 0) is 23.9 Å². The average Bonchev–Trinajstić information content (AvgIpc) is 2.96. The summed E-state index contributed by atoms with van der Waals surface area (Å²) in [5.41, 5.74) is -2.30. The molecule has 2 aliphatic heterocycles. The molecule has 2 saturated heterocycles. The second-order valence-corrected chi connectivity index (χ2v) is 11.9. The van der Waals surface area contributed by atoms with E-state index >= 15 is 0 Å². The van der Waals surface area contributed by atoms with Crippen LogP contribution in [0.3, 0.4) is 0 Å². The molecule has 2 heterocycles. The maximum absolute atomic E-state index is 14.0. The van der Waals surface area contributed by atoms with Crippen LogP contribution < -0.4 is 0 Å². The Morgan fingerprint density at radius 1 is 1.19 bits per heavy atom. The first kappa shape index (κ1) is 23.8. The van der Waals surface area contributed by atoms with Crippen molar-refractivity contribution in [2.45, 2.75) is 57.5 Å². The Labute approximate surface area is 210 Å². The number of esters is 1. The molecule has 1 aromatic rings. The molecular weight excluding hydrogens is 460 g/mol. The Bertz CT molecular complexity index is 1200. The molecule has 2 spiro atoms. The van der Waals surface area contributed by atoms with Crippen LogP contribution in [0.4, 0.5) is 0 Å². The van der Waals surface area contributed by atoms with E-state index in [4.69, 9.17) is 9.47 Å². The fourth-order valence-corrected chi connectivity index (χ4v) is 8.66. The molecule has 0 radical (unpaired) electrons. The lowest BCUT2D eigenvalue weighted by atomic mass is 9.36. The Balaban J connectivity index is 1.47. The van der Waals surface area contributed by atoms with Gasteiger partial charge in [0, 0.05) is 24.3 Å². The summed E-state index contributed by atoms with van der Waals surface area (Å²) in [7, 11) is 0. The fraction of sp³-hybridized carbons (Fsp3) is 0.552. The third-order valence-corrected chi connectivity index (χ3v) is 10.1. The second-order valence-electron chi connectivity index (χ2n) is 11.9. The van der Waals surface area contributed by atoms with Crippen molar-refractivity contribution in [3.8, 4) is 0 Å². The van der Waals surface area contributed by atoms with Crippen molar-refractivity contribution < 1.29 is 34.1 Å². The highest BCUT2D eigenvalue weighted by atomic mass is 16.6. The Morgan fingerprint density at radius 2 is 1.92 bits per heavy atom. The first-order valence-corrected chi connectivity index (χ1v) is 12.8. The lowest BCUT2D eigenvalue weighted by Gasteiger charge is -2.72. The zero-order chi connectivity index (χ0) is 25.7. The highest BCUT2D eigenvalue weighted by Crippen LogP contribution is 2.76. The number of aliphatic hydroxyl groups is 2. The SMILES string of the molecule is C=C1C(=O)[C@]23[C@H](OC(=O)C=Cc4ccccc4)[C@H]1CC[C@H]2[C@@]12CO[C@@]3(O)[C@@H](O)[C@@H]1C(C)(C)CCC2=O. The van der Waals surface area contributed by atoms with Crippen LogP contribution in [0.25, 0.3) is 6.08 Å². The molecule has 7 nitrogen and oxygen atoms in total. The highest BCUT2D eigenvalue weighted by molar-refractivity contribution is 6.06. The smallest absolute Gasteiger partial charge is 0.331 e. The van der Waals surface area contributed by atoms with Gasteiger partial charge in [-0.25, -0.2) is 4.79 Å². The molecule has 7 heteroatoms. The second kappa shape index (κ2) is 7.46. The van der Waals surface area contributed by atoms with E-state index in [0.29, 0.717) is 25.7 Å². The van der Waals surface area contributed by atoms with Crippen molar-refractivity contribution in [2.75, 3.05) is 6.61 Å². The lowest BCUT2D eigenvalue weighted by Crippen LogP contribution is -2.85. The van der Waals surface area contributed by atoms with Crippen LogP contribution in [-0.4, -0.2) is 52.4 Å². The lowest BCUT2D eigenvalue weighted by molar-refractivity contribution is -0.437. The number of hydrogen-bond acceptors (Lipinski definition) is 7. The summed E-state index contributed by atoms with van der Waals surface area (Å²) in [5.74, 6) is -5.17. The quantitative estimate of drug-likeness (QED) is 0.493. The summed E-state index contributed by atoms with van der Waals surface area (Å²) >= 11 is 0. The van der Waals surface area contributed by atoms with Gasteiger partial charge in [0.25, 0.3) is 0 Å². The van der Waals surface area contributed by atoms with Crippen molar-refractivity contribution in [3.63, 3.8) is 0 Å². The monoisotopic (exact) mass is 492 g/mol. The Kier molecular flexibility index (Phi) is 4.93. The maximum atomic E-state index is 14.0. The number of ketones is 2. The molecule has 0 aromatic heterocycles. The van der Waals surface area contributed by atoms with Gasteiger partial charge in [-0.2, -0.15) is 0 Å². The third-order valence-electron chi connectivity index (χ3n) is 10.1. The van der Waals surface area contributed by atoms with E-state index in [1.54, 1.807) is 6.08 Å². The molecule has 4 saturated carbocycles.